The van der Waals surface area contributed by atoms with Gasteiger partial charge in [-0.15, -0.1) is 0 Å². The van der Waals surface area contributed by atoms with E-state index in [-0.39, 0.29) is 0 Å². The number of rotatable bonds is 5. The van der Waals surface area contributed by atoms with Crippen LogP contribution in [-0.2, 0) is 0 Å². The monoisotopic (exact) mass is 604 g/mol. The number of hydrogen-bond donors (Lipinski definition) is 0. The summed E-state index contributed by atoms with van der Waals surface area (Å²) in [6.07, 6.45) is 3.69. The molecule has 0 saturated heterocycles. The molecule has 0 bridgehead atoms. The van der Waals surface area contributed by atoms with Crippen LogP contribution in [0.15, 0.2) is 150 Å². The molecule has 5 aromatic heterocycles. The Morgan fingerprint density at radius 2 is 1.06 bits per heavy atom. The molecule has 0 fully saturated rings. The van der Waals surface area contributed by atoms with Crippen LogP contribution in [-0.4, -0.2) is 29.9 Å². The lowest BCUT2D eigenvalue weighted by Gasteiger charge is -2.12. The minimum Gasteiger partial charge on any atom is -0.454 e. The van der Waals surface area contributed by atoms with Gasteiger partial charge in [-0.1, -0.05) is 97.1 Å². The molecule has 9 aromatic rings. The van der Waals surface area contributed by atoms with Gasteiger partial charge >= 0.3 is 0 Å². The van der Waals surface area contributed by atoms with Gasteiger partial charge in [0.15, 0.2) is 23.1 Å². The largest absolute Gasteiger partial charge is 0.454 e. The predicted molar refractivity (Wildman–Crippen MR) is 185 cm³/mol. The summed E-state index contributed by atoms with van der Waals surface area (Å²) in [5.41, 5.74) is 9.24. The van der Waals surface area contributed by atoms with Gasteiger partial charge in [-0.05, 0) is 42.0 Å². The van der Waals surface area contributed by atoms with Crippen LogP contribution in [0.1, 0.15) is 0 Å². The second-order valence-electron chi connectivity index (χ2n) is 11.2. The molecule has 0 unspecified atom stereocenters. The van der Waals surface area contributed by atoms with Gasteiger partial charge in [-0.25, -0.2) is 19.9 Å². The van der Waals surface area contributed by atoms with Crippen molar-refractivity contribution >= 4 is 33.0 Å². The summed E-state index contributed by atoms with van der Waals surface area (Å²) in [4.78, 5) is 29.4. The molecule has 0 atom stereocenters. The third kappa shape index (κ3) is 4.78. The molecular weight excluding hydrogens is 580 g/mol. The normalized spacial score (nSPS) is 11.4. The van der Waals surface area contributed by atoms with Crippen molar-refractivity contribution in [1.29, 1.82) is 0 Å². The van der Waals surface area contributed by atoms with Gasteiger partial charge in [0.05, 0.1) is 11.2 Å². The molecule has 220 valence electrons. The molecule has 0 radical (unpaired) electrons. The molecule has 7 nitrogen and oxygen atoms in total. The maximum atomic E-state index is 6.01. The molecule has 0 spiro atoms. The van der Waals surface area contributed by atoms with Crippen LogP contribution in [0.3, 0.4) is 0 Å². The lowest BCUT2D eigenvalue weighted by Crippen LogP contribution is -2.00. The van der Waals surface area contributed by atoms with Crippen LogP contribution in [0, 0.1) is 0 Å². The Labute approximate surface area is 269 Å². The average molecular weight is 605 g/mol. The number of aromatic nitrogens is 6. The maximum Gasteiger partial charge on any atom is 0.164 e. The first kappa shape index (κ1) is 26.8. The lowest BCUT2D eigenvalue weighted by molar-refractivity contribution is 0.668. The first-order valence-corrected chi connectivity index (χ1v) is 15.3. The summed E-state index contributed by atoms with van der Waals surface area (Å²) in [5, 5.41) is 1.94. The topological polar surface area (TPSA) is 90.5 Å². The van der Waals surface area contributed by atoms with E-state index in [1.165, 1.54) is 0 Å². The van der Waals surface area contributed by atoms with Crippen LogP contribution in [0.25, 0.3) is 89.7 Å². The number of furan rings is 1. The molecule has 0 N–H and O–H groups in total. The molecule has 5 heterocycles. The van der Waals surface area contributed by atoms with E-state index in [0.29, 0.717) is 23.2 Å². The molecule has 47 heavy (non-hydrogen) atoms. The second-order valence-corrected chi connectivity index (χ2v) is 11.2. The second kappa shape index (κ2) is 11.1. The number of para-hydroxylation sites is 1. The van der Waals surface area contributed by atoms with Crippen molar-refractivity contribution in [3.63, 3.8) is 0 Å². The Bertz CT molecular complexity index is 2520. The molecule has 9 rings (SSSR count). The van der Waals surface area contributed by atoms with Gasteiger partial charge < -0.3 is 4.42 Å². The van der Waals surface area contributed by atoms with Gasteiger partial charge in [-0.3, -0.25) is 9.97 Å². The summed E-state index contributed by atoms with van der Waals surface area (Å²) in [6, 6.07) is 44.0. The maximum absolute atomic E-state index is 6.01. The number of benzene rings is 4. The minimum atomic E-state index is 0.594. The number of fused-ring (bicyclic) bond motifs is 4. The highest BCUT2D eigenvalue weighted by molar-refractivity contribution is 6.05. The van der Waals surface area contributed by atoms with Crippen LogP contribution < -0.4 is 0 Å². The molecular formula is C40H24N6O. The van der Waals surface area contributed by atoms with E-state index in [9.17, 15) is 0 Å². The Morgan fingerprint density at radius 3 is 1.83 bits per heavy atom. The molecule has 0 aliphatic heterocycles. The predicted octanol–water partition coefficient (Wildman–Crippen LogP) is 9.44. The molecule has 0 saturated carbocycles. The minimum absolute atomic E-state index is 0.594. The standard InChI is InChI=1S/C40H24N6O/c1-3-11-25(12-4-1)38-44-39(26-13-5-2-6-14-26)46-40(45-38)28-16-9-15-27(23-28)31-24-42-37(36-29(31)18-10-22-41-36)32-20-21-34-35(43-32)30-17-7-8-19-33(30)47-34/h1-24H. The Kier molecular flexibility index (Phi) is 6.31. The van der Waals surface area contributed by atoms with Crippen LogP contribution in [0.4, 0.5) is 0 Å². The highest BCUT2D eigenvalue weighted by atomic mass is 16.3. The fraction of sp³-hybridized carbons (Fsp3) is 0. The zero-order chi connectivity index (χ0) is 31.2. The van der Waals surface area contributed by atoms with Crippen LogP contribution in [0.2, 0.25) is 0 Å². The van der Waals surface area contributed by atoms with Gasteiger partial charge in [0.25, 0.3) is 0 Å². The number of pyridine rings is 3. The zero-order valence-corrected chi connectivity index (χ0v) is 24.9. The van der Waals surface area contributed by atoms with Crippen molar-refractivity contribution in [1.82, 2.24) is 29.9 Å². The summed E-state index contributed by atoms with van der Waals surface area (Å²) in [6.45, 7) is 0. The van der Waals surface area contributed by atoms with Gasteiger partial charge in [0.2, 0.25) is 0 Å². The van der Waals surface area contributed by atoms with Crippen molar-refractivity contribution < 1.29 is 4.42 Å². The zero-order valence-electron chi connectivity index (χ0n) is 24.9. The van der Waals surface area contributed by atoms with Crippen LogP contribution >= 0.6 is 0 Å². The molecule has 4 aromatic carbocycles. The van der Waals surface area contributed by atoms with Gasteiger partial charge in [-0.2, -0.15) is 0 Å². The Hall–Kier alpha value is -6.60. The highest BCUT2D eigenvalue weighted by Gasteiger charge is 2.17. The van der Waals surface area contributed by atoms with Crippen molar-refractivity contribution in [2.75, 3.05) is 0 Å². The quantitative estimate of drug-likeness (QED) is 0.193. The Balaban J connectivity index is 1.17. The average Bonchev–Trinajstić information content (AvgIpc) is 3.53. The number of nitrogens with zero attached hydrogens (tertiary/aromatic N) is 6. The lowest BCUT2D eigenvalue weighted by atomic mass is 9.99. The summed E-state index contributed by atoms with van der Waals surface area (Å²) < 4.78 is 6.01. The number of hydrogen-bond acceptors (Lipinski definition) is 7. The fourth-order valence-corrected chi connectivity index (χ4v) is 5.98. The van der Waals surface area contributed by atoms with E-state index in [2.05, 4.69) is 18.2 Å². The fourth-order valence-electron chi connectivity index (χ4n) is 5.98. The van der Waals surface area contributed by atoms with Crippen molar-refractivity contribution in [2.45, 2.75) is 0 Å². The highest BCUT2D eigenvalue weighted by Crippen LogP contribution is 2.36. The van der Waals surface area contributed by atoms with E-state index in [4.69, 9.17) is 34.3 Å². The molecule has 7 heteroatoms. The molecule has 0 aliphatic rings. The smallest absolute Gasteiger partial charge is 0.164 e. The first-order valence-electron chi connectivity index (χ1n) is 15.3. The third-order valence-electron chi connectivity index (χ3n) is 8.24. The summed E-state index contributed by atoms with van der Waals surface area (Å²) in [5.74, 6) is 1.84. The molecule has 0 aliphatic carbocycles. The van der Waals surface area contributed by atoms with Crippen molar-refractivity contribution in [2.24, 2.45) is 0 Å². The molecule has 0 amide bonds. The van der Waals surface area contributed by atoms with Gasteiger partial charge in [0.1, 0.15) is 16.8 Å². The van der Waals surface area contributed by atoms with Crippen molar-refractivity contribution in [3.8, 4) is 56.7 Å². The van der Waals surface area contributed by atoms with Gasteiger partial charge in [0, 0.05) is 45.4 Å². The van der Waals surface area contributed by atoms with Crippen LogP contribution in [0.5, 0.6) is 0 Å². The van der Waals surface area contributed by atoms with Crippen molar-refractivity contribution in [3.05, 3.63) is 146 Å². The third-order valence-corrected chi connectivity index (χ3v) is 8.24. The van der Waals surface area contributed by atoms with E-state index >= 15 is 0 Å². The SMILES string of the molecule is c1ccc(-c2nc(-c3ccccc3)nc(-c3cccc(-c4cnc(-c5ccc6oc7ccccc7c6n5)c5ncccc45)c3)n2)cc1. The first-order chi connectivity index (χ1) is 23.3. The summed E-state index contributed by atoms with van der Waals surface area (Å²) >= 11 is 0. The summed E-state index contributed by atoms with van der Waals surface area (Å²) in [7, 11) is 0. The van der Waals surface area contributed by atoms with E-state index < -0.39 is 0 Å². The van der Waals surface area contributed by atoms with E-state index in [1.54, 1.807) is 6.20 Å². The Morgan fingerprint density at radius 1 is 0.426 bits per heavy atom. The van der Waals surface area contributed by atoms with E-state index in [1.807, 2.05) is 121 Å². The van der Waals surface area contributed by atoms with E-state index in [0.717, 1.165) is 66.5 Å².